The van der Waals surface area contributed by atoms with Crippen LogP contribution in [0.15, 0.2) is 72.8 Å². The Morgan fingerprint density at radius 3 is 2.64 bits per heavy atom. The van der Waals surface area contributed by atoms with E-state index >= 15 is 0 Å². The van der Waals surface area contributed by atoms with Gasteiger partial charge in [0.05, 0.1) is 11.6 Å². The number of nitrogens with one attached hydrogen (secondary N) is 1. The molecule has 8 nitrogen and oxygen atoms in total. The SMILES string of the molecule is Cc1ccc(C(C(=O)NCC2CCCO2)N(CCc2cccc(C)c2)C(=O)Cn2nnc3ccccc32)cc1. The van der Waals surface area contributed by atoms with E-state index in [2.05, 4.69) is 40.8 Å². The van der Waals surface area contributed by atoms with Gasteiger partial charge in [0, 0.05) is 19.7 Å². The van der Waals surface area contributed by atoms with Crippen LogP contribution in [-0.2, 0) is 27.3 Å². The fourth-order valence-electron chi connectivity index (χ4n) is 5.11. The third kappa shape index (κ3) is 6.52. The Labute approximate surface area is 229 Å². The molecule has 2 heterocycles. The molecule has 0 spiro atoms. The third-order valence-electron chi connectivity index (χ3n) is 7.23. The molecular formula is C31H35N5O3. The van der Waals surface area contributed by atoms with Gasteiger partial charge in [0.15, 0.2) is 0 Å². The van der Waals surface area contributed by atoms with Crippen molar-refractivity contribution in [1.82, 2.24) is 25.2 Å². The average Bonchev–Trinajstić information content (AvgIpc) is 3.61. The summed E-state index contributed by atoms with van der Waals surface area (Å²) in [6.45, 7) is 5.56. The summed E-state index contributed by atoms with van der Waals surface area (Å²) < 4.78 is 7.33. The van der Waals surface area contributed by atoms with Gasteiger partial charge in [-0.1, -0.05) is 77.0 Å². The summed E-state index contributed by atoms with van der Waals surface area (Å²) in [5.74, 6) is -0.411. The molecule has 1 saturated heterocycles. The van der Waals surface area contributed by atoms with E-state index in [0.717, 1.165) is 52.7 Å². The van der Waals surface area contributed by atoms with Crippen molar-refractivity contribution < 1.29 is 14.3 Å². The molecule has 1 aromatic heterocycles. The minimum atomic E-state index is -0.793. The maximum absolute atomic E-state index is 14.0. The molecule has 0 radical (unpaired) electrons. The fraction of sp³-hybridized carbons (Fsp3) is 0.355. The third-order valence-corrected chi connectivity index (χ3v) is 7.23. The van der Waals surface area contributed by atoms with E-state index in [4.69, 9.17) is 4.74 Å². The van der Waals surface area contributed by atoms with Gasteiger partial charge in [-0.25, -0.2) is 4.68 Å². The first-order chi connectivity index (χ1) is 19.0. The van der Waals surface area contributed by atoms with Crippen LogP contribution in [0.3, 0.4) is 0 Å². The lowest BCUT2D eigenvalue weighted by Gasteiger charge is -2.32. The molecule has 0 saturated carbocycles. The van der Waals surface area contributed by atoms with Gasteiger partial charge in [-0.2, -0.15) is 0 Å². The molecule has 8 heteroatoms. The zero-order valence-electron chi connectivity index (χ0n) is 22.5. The van der Waals surface area contributed by atoms with Crippen LogP contribution in [0.2, 0.25) is 0 Å². The van der Waals surface area contributed by atoms with Gasteiger partial charge in [-0.05, 0) is 56.4 Å². The molecule has 3 aromatic carbocycles. The number of aryl methyl sites for hydroxylation is 2. The van der Waals surface area contributed by atoms with Crippen LogP contribution in [0.5, 0.6) is 0 Å². The summed E-state index contributed by atoms with van der Waals surface area (Å²) in [4.78, 5) is 29.5. The van der Waals surface area contributed by atoms with Crippen molar-refractivity contribution in [2.75, 3.05) is 19.7 Å². The molecule has 2 unspecified atom stereocenters. The van der Waals surface area contributed by atoms with Gasteiger partial charge >= 0.3 is 0 Å². The summed E-state index contributed by atoms with van der Waals surface area (Å²) in [5.41, 5.74) is 5.63. The van der Waals surface area contributed by atoms with Crippen molar-refractivity contribution in [1.29, 1.82) is 0 Å². The monoisotopic (exact) mass is 525 g/mol. The van der Waals surface area contributed by atoms with Crippen molar-refractivity contribution in [3.63, 3.8) is 0 Å². The minimum absolute atomic E-state index is 0.00516. The quantitative estimate of drug-likeness (QED) is 0.336. The molecule has 1 aliphatic rings. The van der Waals surface area contributed by atoms with Crippen molar-refractivity contribution in [2.24, 2.45) is 0 Å². The maximum Gasteiger partial charge on any atom is 0.247 e. The van der Waals surface area contributed by atoms with Crippen molar-refractivity contribution in [3.8, 4) is 0 Å². The van der Waals surface area contributed by atoms with Crippen LogP contribution in [0.1, 0.15) is 41.1 Å². The molecule has 4 aromatic rings. The Balaban J connectivity index is 1.46. The lowest BCUT2D eigenvalue weighted by Crippen LogP contribution is -2.47. The van der Waals surface area contributed by atoms with Crippen LogP contribution in [0.25, 0.3) is 11.0 Å². The molecule has 1 N–H and O–H groups in total. The molecule has 2 atom stereocenters. The molecule has 2 amide bonds. The second-order valence-corrected chi connectivity index (χ2v) is 10.3. The molecule has 1 aliphatic heterocycles. The highest BCUT2D eigenvalue weighted by Gasteiger charge is 2.32. The first kappa shape index (κ1) is 26.6. The van der Waals surface area contributed by atoms with E-state index in [1.54, 1.807) is 9.58 Å². The number of fused-ring (bicyclic) bond motifs is 1. The van der Waals surface area contributed by atoms with Crippen LogP contribution >= 0.6 is 0 Å². The van der Waals surface area contributed by atoms with Crippen molar-refractivity contribution >= 4 is 22.8 Å². The molecule has 1 fully saturated rings. The lowest BCUT2D eigenvalue weighted by atomic mass is 10.0. The van der Waals surface area contributed by atoms with Gasteiger partial charge in [-0.3, -0.25) is 9.59 Å². The van der Waals surface area contributed by atoms with Gasteiger partial charge in [0.25, 0.3) is 0 Å². The van der Waals surface area contributed by atoms with E-state index in [1.807, 2.05) is 61.5 Å². The number of hydrogen-bond acceptors (Lipinski definition) is 5. The van der Waals surface area contributed by atoms with E-state index in [9.17, 15) is 9.59 Å². The number of amides is 2. The first-order valence-electron chi connectivity index (χ1n) is 13.6. The normalized spacial score (nSPS) is 15.8. The van der Waals surface area contributed by atoms with E-state index in [-0.39, 0.29) is 24.5 Å². The largest absolute Gasteiger partial charge is 0.376 e. The molecule has 202 valence electrons. The smallest absolute Gasteiger partial charge is 0.247 e. The number of para-hydroxylation sites is 1. The Kier molecular flexibility index (Phi) is 8.32. The molecule has 39 heavy (non-hydrogen) atoms. The van der Waals surface area contributed by atoms with E-state index < -0.39 is 6.04 Å². The highest BCUT2D eigenvalue weighted by molar-refractivity contribution is 5.89. The lowest BCUT2D eigenvalue weighted by molar-refractivity contribution is -0.141. The highest BCUT2D eigenvalue weighted by Crippen LogP contribution is 2.24. The average molecular weight is 526 g/mol. The molecular weight excluding hydrogens is 490 g/mol. The summed E-state index contributed by atoms with van der Waals surface area (Å²) in [6, 6.07) is 22.8. The number of nitrogens with zero attached hydrogens (tertiary/aromatic N) is 4. The zero-order valence-corrected chi connectivity index (χ0v) is 22.5. The summed E-state index contributed by atoms with van der Waals surface area (Å²) >= 11 is 0. The number of benzene rings is 3. The zero-order chi connectivity index (χ0) is 27.2. The topological polar surface area (TPSA) is 89.4 Å². The summed E-state index contributed by atoms with van der Waals surface area (Å²) in [5, 5.41) is 11.5. The standard InChI is InChI=1S/C31H35N5O3/c1-22-12-14-25(15-13-22)30(31(38)32-20-26-9-6-18-39-26)35(17-16-24-8-5-7-23(2)19-24)29(37)21-36-28-11-4-3-10-27(28)33-34-36/h3-5,7-8,10-15,19,26,30H,6,9,16-18,20-21H2,1-2H3,(H,32,38). The number of hydrogen-bond donors (Lipinski definition) is 1. The number of carbonyl (C=O) groups is 2. The van der Waals surface area contributed by atoms with Crippen molar-refractivity contribution in [2.45, 2.75) is 51.8 Å². The maximum atomic E-state index is 14.0. The molecule has 0 bridgehead atoms. The van der Waals surface area contributed by atoms with Gasteiger partial charge in [0.2, 0.25) is 11.8 Å². The number of rotatable bonds is 10. The second kappa shape index (κ2) is 12.2. The Hall–Kier alpha value is -4.04. The highest BCUT2D eigenvalue weighted by atomic mass is 16.5. The fourth-order valence-corrected chi connectivity index (χ4v) is 5.11. The predicted octanol–water partition coefficient (Wildman–Crippen LogP) is 4.16. The van der Waals surface area contributed by atoms with Crippen molar-refractivity contribution in [3.05, 3.63) is 95.1 Å². The first-order valence-corrected chi connectivity index (χ1v) is 13.6. The van der Waals surface area contributed by atoms with Gasteiger partial charge in [0.1, 0.15) is 18.1 Å². The molecule has 5 rings (SSSR count). The predicted molar refractivity (Wildman–Crippen MR) is 150 cm³/mol. The Bertz CT molecular complexity index is 1430. The number of carbonyl (C=O) groups excluding carboxylic acids is 2. The Morgan fingerprint density at radius 1 is 1.05 bits per heavy atom. The van der Waals surface area contributed by atoms with Crippen LogP contribution < -0.4 is 5.32 Å². The van der Waals surface area contributed by atoms with Crippen LogP contribution in [0, 0.1) is 13.8 Å². The number of aromatic nitrogens is 3. The van der Waals surface area contributed by atoms with E-state index in [1.165, 1.54) is 0 Å². The minimum Gasteiger partial charge on any atom is -0.376 e. The van der Waals surface area contributed by atoms with Crippen LogP contribution in [-0.4, -0.2) is 57.5 Å². The second-order valence-electron chi connectivity index (χ2n) is 10.3. The van der Waals surface area contributed by atoms with E-state index in [0.29, 0.717) is 19.5 Å². The summed E-state index contributed by atoms with van der Waals surface area (Å²) in [6.07, 6.45) is 2.54. The number of ether oxygens (including phenoxy) is 1. The van der Waals surface area contributed by atoms with Gasteiger partial charge < -0.3 is 15.0 Å². The van der Waals surface area contributed by atoms with Gasteiger partial charge in [-0.15, -0.1) is 5.10 Å². The Morgan fingerprint density at radius 2 is 1.87 bits per heavy atom. The molecule has 0 aliphatic carbocycles. The summed E-state index contributed by atoms with van der Waals surface area (Å²) in [7, 11) is 0. The van der Waals surface area contributed by atoms with Crippen LogP contribution in [0.4, 0.5) is 0 Å².